The zero-order valence-electron chi connectivity index (χ0n) is 15.5. The number of halogens is 1. The number of piperazine rings is 1. The molecule has 0 spiro atoms. The van der Waals surface area contributed by atoms with Gasteiger partial charge in [0.1, 0.15) is 11.6 Å². The Hall–Kier alpha value is -2.86. The zero-order valence-corrected chi connectivity index (χ0v) is 15.5. The molecule has 1 fully saturated rings. The molecule has 6 heteroatoms. The van der Waals surface area contributed by atoms with Crippen LogP contribution in [0.4, 0.5) is 10.1 Å². The summed E-state index contributed by atoms with van der Waals surface area (Å²) in [6.45, 7) is 4.14. The molecule has 144 valence electrons. The predicted molar refractivity (Wildman–Crippen MR) is 109 cm³/mol. The maximum atomic E-state index is 14.6. The smallest absolute Gasteiger partial charge is 0.253 e. The van der Waals surface area contributed by atoms with Crippen LogP contribution in [0.2, 0.25) is 0 Å². The van der Waals surface area contributed by atoms with Crippen molar-refractivity contribution in [2.75, 3.05) is 31.1 Å². The maximum absolute atomic E-state index is 14.6. The summed E-state index contributed by atoms with van der Waals surface area (Å²) >= 11 is 0. The molecule has 0 unspecified atom stereocenters. The van der Waals surface area contributed by atoms with Crippen molar-refractivity contribution in [1.82, 2.24) is 9.88 Å². The van der Waals surface area contributed by atoms with Gasteiger partial charge in [-0.2, -0.15) is 0 Å². The molecule has 2 aromatic carbocycles. The van der Waals surface area contributed by atoms with Crippen LogP contribution in [0.25, 0.3) is 22.0 Å². The fourth-order valence-electron chi connectivity index (χ4n) is 4.60. The van der Waals surface area contributed by atoms with Crippen LogP contribution in [0, 0.1) is 5.82 Å². The number of aryl methyl sites for hydroxylation is 2. The van der Waals surface area contributed by atoms with Gasteiger partial charge in [0.25, 0.3) is 5.56 Å². The predicted octanol–water partition coefficient (Wildman–Crippen LogP) is 2.87. The van der Waals surface area contributed by atoms with E-state index in [-0.39, 0.29) is 16.9 Å². The molecule has 0 aliphatic carbocycles. The first-order valence-electron chi connectivity index (χ1n) is 9.78. The summed E-state index contributed by atoms with van der Waals surface area (Å²) in [5.74, 6) is -0.526. The Morgan fingerprint density at radius 1 is 1.07 bits per heavy atom. The summed E-state index contributed by atoms with van der Waals surface area (Å²) in [5.41, 5.74) is 3.65. The average Bonchev–Trinajstić information content (AvgIpc) is 2.72. The van der Waals surface area contributed by atoms with E-state index in [0.29, 0.717) is 12.1 Å². The summed E-state index contributed by atoms with van der Waals surface area (Å²) in [6.07, 6.45) is 1.58. The van der Waals surface area contributed by atoms with Crippen molar-refractivity contribution in [3.63, 3.8) is 0 Å². The van der Waals surface area contributed by atoms with Crippen molar-refractivity contribution in [2.24, 2.45) is 0 Å². The lowest BCUT2D eigenvalue weighted by Crippen LogP contribution is -2.44. The van der Waals surface area contributed by atoms with Crippen LogP contribution in [0.15, 0.2) is 41.2 Å². The second-order valence-electron chi connectivity index (χ2n) is 7.48. The first-order valence-corrected chi connectivity index (χ1v) is 9.78. The van der Waals surface area contributed by atoms with E-state index in [4.69, 9.17) is 0 Å². The number of nitrogens with zero attached hydrogens (tertiary/aromatic N) is 2. The SMILES string of the molecule is O=c1cc(N2CCNCC2)c2ccc(-c3c(O)cccc3F)c3c2n1CCC3. The number of rotatable bonds is 2. The number of nitrogens with one attached hydrogen (secondary N) is 1. The maximum Gasteiger partial charge on any atom is 0.253 e. The van der Waals surface area contributed by atoms with Gasteiger partial charge in [-0.05, 0) is 36.1 Å². The summed E-state index contributed by atoms with van der Waals surface area (Å²) in [6, 6.07) is 9.96. The number of anilines is 1. The lowest BCUT2D eigenvalue weighted by molar-refractivity contribution is 0.472. The molecular weight excluding hydrogens is 357 g/mol. The van der Waals surface area contributed by atoms with Crippen molar-refractivity contribution >= 4 is 16.6 Å². The molecule has 0 saturated carbocycles. The highest BCUT2D eigenvalue weighted by Crippen LogP contribution is 2.40. The number of benzene rings is 2. The van der Waals surface area contributed by atoms with E-state index in [0.717, 1.165) is 61.2 Å². The number of phenolic OH excluding ortho intramolecular Hbond substituents is 1. The Labute approximate surface area is 162 Å². The van der Waals surface area contributed by atoms with E-state index in [1.54, 1.807) is 10.6 Å². The largest absolute Gasteiger partial charge is 0.507 e. The number of hydrogen-bond donors (Lipinski definition) is 2. The van der Waals surface area contributed by atoms with E-state index >= 15 is 0 Å². The van der Waals surface area contributed by atoms with Crippen LogP contribution in [-0.2, 0) is 13.0 Å². The van der Waals surface area contributed by atoms with Crippen molar-refractivity contribution in [3.05, 3.63) is 58.1 Å². The zero-order chi connectivity index (χ0) is 19.3. The third kappa shape index (κ3) is 2.59. The molecule has 5 nitrogen and oxygen atoms in total. The molecule has 0 bridgehead atoms. The number of pyridine rings is 1. The van der Waals surface area contributed by atoms with E-state index in [1.165, 1.54) is 18.2 Å². The first-order chi connectivity index (χ1) is 13.6. The van der Waals surface area contributed by atoms with E-state index in [2.05, 4.69) is 10.2 Å². The lowest BCUT2D eigenvalue weighted by atomic mass is 9.90. The summed E-state index contributed by atoms with van der Waals surface area (Å²) < 4.78 is 16.4. The van der Waals surface area contributed by atoms with Gasteiger partial charge in [-0.3, -0.25) is 4.79 Å². The van der Waals surface area contributed by atoms with E-state index in [1.807, 2.05) is 12.1 Å². The van der Waals surface area contributed by atoms with Gasteiger partial charge in [0.15, 0.2) is 0 Å². The first kappa shape index (κ1) is 17.3. The van der Waals surface area contributed by atoms with Crippen molar-refractivity contribution in [2.45, 2.75) is 19.4 Å². The van der Waals surface area contributed by atoms with Gasteiger partial charge in [-0.1, -0.05) is 18.2 Å². The summed E-state index contributed by atoms with van der Waals surface area (Å²) in [5, 5.41) is 14.7. The molecule has 3 heterocycles. The Morgan fingerprint density at radius 2 is 1.89 bits per heavy atom. The molecule has 3 aromatic rings. The molecule has 0 atom stereocenters. The van der Waals surface area contributed by atoms with Crippen LogP contribution in [0.5, 0.6) is 5.75 Å². The Kier molecular flexibility index (Phi) is 4.09. The van der Waals surface area contributed by atoms with Crippen molar-refractivity contribution in [3.8, 4) is 16.9 Å². The van der Waals surface area contributed by atoms with Gasteiger partial charge in [-0.15, -0.1) is 0 Å². The van der Waals surface area contributed by atoms with E-state index in [9.17, 15) is 14.3 Å². The highest BCUT2D eigenvalue weighted by atomic mass is 19.1. The van der Waals surface area contributed by atoms with Crippen LogP contribution < -0.4 is 15.8 Å². The Balaban J connectivity index is 1.81. The van der Waals surface area contributed by atoms with Crippen LogP contribution in [0.1, 0.15) is 12.0 Å². The topological polar surface area (TPSA) is 57.5 Å². The summed E-state index contributed by atoms with van der Waals surface area (Å²) in [7, 11) is 0. The third-order valence-electron chi connectivity index (χ3n) is 5.88. The minimum Gasteiger partial charge on any atom is -0.507 e. The molecule has 2 N–H and O–H groups in total. The van der Waals surface area contributed by atoms with E-state index < -0.39 is 5.82 Å². The molecule has 2 aliphatic heterocycles. The van der Waals surface area contributed by atoms with Crippen LogP contribution in [0.3, 0.4) is 0 Å². The van der Waals surface area contributed by atoms with Gasteiger partial charge in [-0.25, -0.2) is 4.39 Å². The highest BCUT2D eigenvalue weighted by molar-refractivity contribution is 5.98. The monoisotopic (exact) mass is 379 g/mol. The molecule has 28 heavy (non-hydrogen) atoms. The fourth-order valence-corrected chi connectivity index (χ4v) is 4.60. The van der Waals surface area contributed by atoms with Gasteiger partial charge in [0, 0.05) is 44.2 Å². The second kappa shape index (κ2) is 6.63. The van der Waals surface area contributed by atoms with Crippen molar-refractivity contribution < 1.29 is 9.50 Å². The van der Waals surface area contributed by atoms with Crippen LogP contribution in [-0.4, -0.2) is 35.9 Å². The molecule has 1 saturated heterocycles. The molecule has 5 rings (SSSR count). The normalized spacial score (nSPS) is 16.5. The quantitative estimate of drug-likeness (QED) is 0.719. The fraction of sp³-hybridized carbons (Fsp3) is 0.318. The molecule has 0 radical (unpaired) electrons. The number of phenols is 1. The molecular formula is C22H22FN3O2. The van der Waals surface area contributed by atoms with Gasteiger partial charge in [0.2, 0.25) is 0 Å². The van der Waals surface area contributed by atoms with Gasteiger partial charge >= 0.3 is 0 Å². The molecule has 2 aliphatic rings. The molecule has 0 amide bonds. The second-order valence-corrected chi connectivity index (χ2v) is 7.48. The van der Waals surface area contributed by atoms with Gasteiger partial charge in [0.05, 0.1) is 16.8 Å². The Morgan fingerprint density at radius 3 is 2.68 bits per heavy atom. The number of aromatic hydroxyl groups is 1. The third-order valence-corrected chi connectivity index (χ3v) is 5.88. The van der Waals surface area contributed by atoms with Gasteiger partial charge < -0.3 is 19.9 Å². The van der Waals surface area contributed by atoms with Crippen LogP contribution >= 0.6 is 0 Å². The lowest BCUT2D eigenvalue weighted by Gasteiger charge is -2.32. The van der Waals surface area contributed by atoms with Crippen molar-refractivity contribution in [1.29, 1.82) is 0 Å². The average molecular weight is 379 g/mol. The minimum absolute atomic E-state index is 0.0168. The molecule has 1 aromatic heterocycles. The number of hydrogen-bond acceptors (Lipinski definition) is 4. The summed E-state index contributed by atoms with van der Waals surface area (Å²) in [4.78, 5) is 15.1. The minimum atomic E-state index is -0.451. The highest BCUT2D eigenvalue weighted by Gasteiger charge is 2.24. The standard InChI is InChI=1S/C22H22FN3O2/c23-17-4-1-5-19(27)21(17)14-6-7-16-18(25-11-8-24-9-12-25)13-20(28)26-10-2-3-15(14)22(16)26/h1,4-7,13,24,27H,2-3,8-12H2. The Bertz CT molecular complexity index is 1110. The number of aromatic nitrogens is 1.